The zero-order valence-electron chi connectivity index (χ0n) is 23.7. The molecule has 0 aliphatic rings. The van der Waals surface area contributed by atoms with Crippen molar-refractivity contribution in [3.8, 4) is 56.4 Å². The minimum absolute atomic E-state index is 0.645. The molecular weight excluding hydrogens is 538 g/mol. The fourth-order valence-corrected chi connectivity index (χ4v) is 5.60. The van der Waals surface area contributed by atoms with Crippen molar-refractivity contribution in [2.75, 3.05) is 0 Å². The normalized spacial score (nSPS) is 11.2. The van der Waals surface area contributed by atoms with Crippen LogP contribution in [0.2, 0.25) is 0 Å². The van der Waals surface area contributed by atoms with Gasteiger partial charge in [-0.15, -0.1) is 0 Å². The molecule has 0 unspecified atom stereocenters. The van der Waals surface area contributed by atoms with E-state index < -0.39 is 0 Å². The van der Waals surface area contributed by atoms with Crippen molar-refractivity contribution in [1.29, 1.82) is 0 Å². The Balaban J connectivity index is 1.12. The Kier molecular flexibility index (Phi) is 6.39. The highest BCUT2D eigenvalue weighted by atomic mass is 15.0. The van der Waals surface area contributed by atoms with E-state index in [2.05, 4.69) is 82.8 Å². The van der Waals surface area contributed by atoms with E-state index in [0.29, 0.717) is 17.5 Å². The van der Waals surface area contributed by atoms with Gasteiger partial charge in [0.25, 0.3) is 0 Å². The van der Waals surface area contributed by atoms with Crippen molar-refractivity contribution in [3.05, 3.63) is 152 Å². The summed E-state index contributed by atoms with van der Waals surface area (Å²) in [6, 6.07) is 47.5. The lowest BCUT2D eigenvalue weighted by Gasteiger charge is -2.10. The molecule has 0 saturated carbocycles. The molecule has 3 heterocycles. The number of nitrogens with zero attached hydrogens (tertiary/aromatic N) is 5. The molecule has 0 atom stereocenters. The third-order valence-electron chi connectivity index (χ3n) is 7.85. The molecule has 0 aliphatic carbocycles. The van der Waals surface area contributed by atoms with Gasteiger partial charge in [0.05, 0.1) is 11.0 Å². The highest BCUT2D eigenvalue weighted by Gasteiger charge is 2.13. The Hall–Kier alpha value is -6.07. The minimum Gasteiger partial charge on any atom is -0.254 e. The predicted octanol–water partition coefficient (Wildman–Crippen LogP) is 9.30. The lowest BCUT2D eigenvalue weighted by molar-refractivity contribution is 1.07. The molecule has 0 amide bonds. The quantitative estimate of drug-likeness (QED) is 0.195. The molecule has 0 saturated heterocycles. The lowest BCUT2D eigenvalue weighted by Crippen LogP contribution is -2.00. The highest BCUT2D eigenvalue weighted by molar-refractivity contribution is 6.08. The van der Waals surface area contributed by atoms with Crippen molar-refractivity contribution < 1.29 is 0 Å². The van der Waals surface area contributed by atoms with Crippen LogP contribution in [0, 0.1) is 0 Å². The summed E-state index contributed by atoms with van der Waals surface area (Å²) in [5.74, 6) is 1.95. The first kappa shape index (κ1) is 25.6. The van der Waals surface area contributed by atoms with Crippen LogP contribution in [0.4, 0.5) is 0 Å². The van der Waals surface area contributed by atoms with Crippen LogP contribution in [-0.4, -0.2) is 24.9 Å². The second-order valence-electron chi connectivity index (χ2n) is 10.6. The number of pyridine rings is 2. The van der Waals surface area contributed by atoms with E-state index in [1.807, 2.05) is 79.1 Å². The third kappa shape index (κ3) is 4.76. The van der Waals surface area contributed by atoms with E-state index >= 15 is 0 Å². The molecule has 5 aromatic carbocycles. The van der Waals surface area contributed by atoms with E-state index in [-0.39, 0.29) is 0 Å². The first-order chi connectivity index (χ1) is 21.8. The zero-order chi connectivity index (χ0) is 29.3. The van der Waals surface area contributed by atoms with Crippen molar-refractivity contribution in [3.63, 3.8) is 0 Å². The molecule has 0 aliphatic heterocycles. The van der Waals surface area contributed by atoms with Crippen LogP contribution < -0.4 is 0 Å². The molecular formula is C39H25N5. The maximum Gasteiger partial charge on any atom is 0.164 e. The number of aromatic nitrogens is 5. The molecule has 8 aromatic rings. The van der Waals surface area contributed by atoms with Crippen LogP contribution in [0.1, 0.15) is 0 Å². The van der Waals surface area contributed by atoms with Crippen molar-refractivity contribution in [2.24, 2.45) is 0 Å². The molecule has 44 heavy (non-hydrogen) atoms. The molecule has 0 N–H and O–H groups in total. The summed E-state index contributed by atoms with van der Waals surface area (Å²) in [4.78, 5) is 23.8. The highest BCUT2D eigenvalue weighted by Crippen LogP contribution is 2.33. The third-order valence-corrected chi connectivity index (χ3v) is 7.85. The smallest absolute Gasteiger partial charge is 0.164 e. The maximum absolute atomic E-state index is 4.86. The fourth-order valence-electron chi connectivity index (χ4n) is 5.60. The van der Waals surface area contributed by atoms with Gasteiger partial charge in [0.1, 0.15) is 0 Å². The van der Waals surface area contributed by atoms with Crippen LogP contribution in [0.3, 0.4) is 0 Å². The summed E-state index contributed by atoms with van der Waals surface area (Å²) in [6.45, 7) is 0. The van der Waals surface area contributed by atoms with E-state index in [9.17, 15) is 0 Å². The average Bonchev–Trinajstić information content (AvgIpc) is 3.12. The van der Waals surface area contributed by atoms with E-state index in [1.54, 1.807) is 0 Å². The molecule has 206 valence electrons. The molecule has 0 fully saturated rings. The molecule has 0 bridgehead atoms. The summed E-state index contributed by atoms with van der Waals surface area (Å²) >= 11 is 0. The van der Waals surface area contributed by atoms with Gasteiger partial charge in [-0.1, -0.05) is 127 Å². The molecule has 3 aromatic heterocycles. The topological polar surface area (TPSA) is 64.5 Å². The first-order valence-electron chi connectivity index (χ1n) is 14.5. The van der Waals surface area contributed by atoms with Gasteiger partial charge in [-0.3, -0.25) is 9.97 Å². The number of hydrogen-bond acceptors (Lipinski definition) is 5. The second-order valence-corrected chi connectivity index (χ2v) is 10.6. The van der Waals surface area contributed by atoms with Crippen LogP contribution in [0.15, 0.2) is 152 Å². The van der Waals surface area contributed by atoms with Crippen molar-refractivity contribution in [2.45, 2.75) is 0 Å². The second kappa shape index (κ2) is 11.0. The Labute approximate surface area is 254 Å². The summed E-state index contributed by atoms with van der Waals surface area (Å²) < 4.78 is 0. The minimum atomic E-state index is 0.645. The van der Waals surface area contributed by atoms with E-state index in [0.717, 1.165) is 60.8 Å². The molecule has 5 nitrogen and oxygen atoms in total. The van der Waals surface area contributed by atoms with Gasteiger partial charge in [0.2, 0.25) is 0 Å². The number of rotatable bonds is 5. The molecule has 0 spiro atoms. The summed E-state index contributed by atoms with van der Waals surface area (Å²) in [7, 11) is 0. The van der Waals surface area contributed by atoms with Crippen LogP contribution in [0.25, 0.3) is 78.2 Å². The van der Waals surface area contributed by atoms with Gasteiger partial charge in [-0.2, -0.15) is 0 Å². The summed E-state index contributed by atoms with van der Waals surface area (Å²) in [5, 5.41) is 2.19. The Bertz CT molecular complexity index is 2190. The van der Waals surface area contributed by atoms with Crippen molar-refractivity contribution >= 4 is 21.8 Å². The van der Waals surface area contributed by atoms with Crippen LogP contribution in [-0.2, 0) is 0 Å². The van der Waals surface area contributed by atoms with E-state index in [1.165, 1.54) is 0 Å². The Morgan fingerprint density at radius 2 is 0.818 bits per heavy atom. The average molecular weight is 564 g/mol. The number of hydrogen-bond donors (Lipinski definition) is 0. The fraction of sp³-hybridized carbons (Fsp3) is 0. The zero-order valence-corrected chi connectivity index (χ0v) is 23.7. The van der Waals surface area contributed by atoms with Gasteiger partial charge >= 0.3 is 0 Å². The lowest BCUT2D eigenvalue weighted by atomic mass is 9.97. The largest absolute Gasteiger partial charge is 0.254 e. The molecule has 5 heteroatoms. The molecule has 0 radical (unpaired) electrons. The number of fused-ring (bicyclic) bond motifs is 3. The molecule has 8 rings (SSSR count). The van der Waals surface area contributed by atoms with Crippen LogP contribution >= 0.6 is 0 Å². The SMILES string of the molecule is c1ccc(-c2nc(-c3ccccc3)nc(-c3ccc(-c4ccc(-c5ccnc6c5ccc5cccnc56)cc4)cc3)n2)cc1. The standard InChI is InChI=1S/C39H25N5/c1-3-8-30(9-4-1)37-42-38(31-10-5-2-6-11-31)44-39(43-37)32-19-15-27(16-20-32)26-13-17-28(18-14-26)33-23-25-41-36-34(33)22-21-29-12-7-24-40-35(29)36/h1-25H. The van der Waals surface area contributed by atoms with Crippen LogP contribution in [0.5, 0.6) is 0 Å². The monoisotopic (exact) mass is 563 g/mol. The van der Waals surface area contributed by atoms with Gasteiger partial charge in [-0.25, -0.2) is 15.0 Å². The van der Waals surface area contributed by atoms with Gasteiger partial charge < -0.3 is 0 Å². The predicted molar refractivity (Wildman–Crippen MR) is 178 cm³/mol. The van der Waals surface area contributed by atoms with Gasteiger partial charge in [0, 0.05) is 39.9 Å². The maximum atomic E-state index is 4.86. The van der Waals surface area contributed by atoms with E-state index in [4.69, 9.17) is 15.0 Å². The Morgan fingerprint density at radius 1 is 0.318 bits per heavy atom. The van der Waals surface area contributed by atoms with Gasteiger partial charge in [-0.05, 0) is 34.4 Å². The summed E-state index contributed by atoms with van der Waals surface area (Å²) in [5.41, 5.74) is 9.23. The van der Waals surface area contributed by atoms with Gasteiger partial charge in [0.15, 0.2) is 17.5 Å². The van der Waals surface area contributed by atoms with Crippen molar-refractivity contribution in [1.82, 2.24) is 24.9 Å². The Morgan fingerprint density at radius 3 is 1.41 bits per heavy atom. The number of benzene rings is 5. The summed E-state index contributed by atoms with van der Waals surface area (Å²) in [6.07, 6.45) is 3.69. The first-order valence-corrected chi connectivity index (χ1v) is 14.5.